The van der Waals surface area contributed by atoms with E-state index in [4.69, 9.17) is 0 Å². The first-order chi connectivity index (χ1) is 7.29. The van der Waals surface area contributed by atoms with E-state index in [-0.39, 0.29) is 0 Å². The van der Waals surface area contributed by atoms with Crippen LogP contribution in [-0.4, -0.2) is 17.7 Å². The molecule has 1 aliphatic carbocycles. The molecule has 1 unspecified atom stereocenters. The van der Waals surface area contributed by atoms with Crippen LogP contribution >= 0.6 is 0 Å². The second-order valence-corrected chi connectivity index (χ2v) is 4.38. The van der Waals surface area contributed by atoms with Gasteiger partial charge in [-0.15, -0.1) is 0 Å². The SMILES string of the molecule is CCNC(Cc1cccc(O)c1)C1CC1. The number of nitrogens with one attached hydrogen (secondary N) is 1. The first-order valence-corrected chi connectivity index (χ1v) is 5.81. The number of phenols is 1. The number of hydrogen-bond donors (Lipinski definition) is 2. The Kier molecular flexibility index (Phi) is 3.27. The van der Waals surface area contributed by atoms with Crippen molar-refractivity contribution >= 4 is 0 Å². The summed E-state index contributed by atoms with van der Waals surface area (Å²) in [5.41, 5.74) is 1.23. The van der Waals surface area contributed by atoms with E-state index in [1.54, 1.807) is 6.07 Å². The summed E-state index contributed by atoms with van der Waals surface area (Å²) < 4.78 is 0. The molecular weight excluding hydrogens is 186 g/mol. The molecule has 0 saturated heterocycles. The molecule has 0 bridgehead atoms. The van der Waals surface area contributed by atoms with Crippen molar-refractivity contribution in [2.75, 3.05) is 6.54 Å². The van der Waals surface area contributed by atoms with Crippen LogP contribution in [0.25, 0.3) is 0 Å². The smallest absolute Gasteiger partial charge is 0.115 e. The Morgan fingerprint density at radius 2 is 2.27 bits per heavy atom. The van der Waals surface area contributed by atoms with E-state index in [9.17, 15) is 5.11 Å². The van der Waals surface area contributed by atoms with Gasteiger partial charge in [0.2, 0.25) is 0 Å². The molecule has 0 aromatic heterocycles. The van der Waals surface area contributed by atoms with Crippen LogP contribution in [0.15, 0.2) is 24.3 Å². The van der Waals surface area contributed by atoms with Crippen LogP contribution in [0.3, 0.4) is 0 Å². The van der Waals surface area contributed by atoms with Gasteiger partial charge >= 0.3 is 0 Å². The monoisotopic (exact) mass is 205 g/mol. The van der Waals surface area contributed by atoms with Crippen molar-refractivity contribution in [1.29, 1.82) is 0 Å². The Bertz CT molecular complexity index is 320. The number of rotatable bonds is 5. The highest BCUT2D eigenvalue weighted by atomic mass is 16.3. The van der Waals surface area contributed by atoms with Gasteiger partial charge in [0.05, 0.1) is 0 Å². The fourth-order valence-electron chi connectivity index (χ4n) is 2.10. The Hall–Kier alpha value is -1.02. The molecule has 0 spiro atoms. The highest BCUT2D eigenvalue weighted by Gasteiger charge is 2.30. The molecule has 0 heterocycles. The second kappa shape index (κ2) is 4.67. The summed E-state index contributed by atoms with van der Waals surface area (Å²) in [4.78, 5) is 0. The third-order valence-corrected chi connectivity index (χ3v) is 3.02. The topological polar surface area (TPSA) is 32.3 Å². The highest BCUT2D eigenvalue weighted by molar-refractivity contribution is 5.27. The van der Waals surface area contributed by atoms with Crippen LogP contribution in [-0.2, 0) is 6.42 Å². The van der Waals surface area contributed by atoms with E-state index >= 15 is 0 Å². The van der Waals surface area contributed by atoms with Crippen molar-refractivity contribution in [3.8, 4) is 5.75 Å². The van der Waals surface area contributed by atoms with E-state index in [2.05, 4.69) is 18.3 Å². The van der Waals surface area contributed by atoms with Gasteiger partial charge in [-0.05, 0) is 49.4 Å². The molecule has 2 rings (SSSR count). The van der Waals surface area contributed by atoms with Gasteiger partial charge in [-0.25, -0.2) is 0 Å². The summed E-state index contributed by atoms with van der Waals surface area (Å²) in [7, 11) is 0. The van der Waals surface area contributed by atoms with Gasteiger partial charge < -0.3 is 10.4 Å². The van der Waals surface area contributed by atoms with Gasteiger partial charge in [0, 0.05) is 6.04 Å². The summed E-state index contributed by atoms with van der Waals surface area (Å²) in [5.74, 6) is 1.23. The predicted octanol–water partition coefficient (Wildman–Crippen LogP) is 2.32. The second-order valence-electron chi connectivity index (χ2n) is 4.38. The number of benzene rings is 1. The fraction of sp³-hybridized carbons (Fsp3) is 0.538. The zero-order chi connectivity index (χ0) is 10.7. The minimum absolute atomic E-state index is 0.374. The third-order valence-electron chi connectivity index (χ3n) is 3.02. The fourth-order valence-corrected chi connectivity index (χ4v) is 2.10. The van der Waals surface area contributed by atoms with Crippen LogP contribution in [0, 0.1) is 5.92 Å². The maximum absolute atomic E-state index is 9.39. The van der Waals surface area contributed by atoms with Gasteiger partial charge in [-0.3, -0.25) is 0 Å². The molecule has 1 atom stereocenters. The Morgan fingerprint density at radius 3 is 2.87 bits per heavy atom. The van der Waals surface area contributed by atoms with E-state index in [0.717, 1.165) is 18.9 Å². The summed E-state index contributed by atoms with van der Waals surface area (Å²) in [6.45, 7) is 3.18. The lowest BCUT2D eigenvalue weighted by Gasteiger charge is -2.17. The molecule has 0 aliphatic heterocycles. The molecule has 82 valence electrons. The summed E-state index contributed by atoms with van der Waals surface area (Å²) in [5, 5.41) is 12.9. The molecule has 1 aliphatic rings. The summed E-state index contributed by atoms with van der Waals surface area (Å²) in [6.07, 6.45) is 3.75. The lowest BCUT2D eigenvalue weighted by molar-refractivity contribution is 0.463. The lowest BCUT2D eigenvalue weighted by atomic mass is 10.0. The normalized spacial score (nSPS) is 17.7. The van der Waals surface area contributed by atoms with Crippen LogP contribution in [0.1, 0.15) is 25.3 Å². The molecule has 0 amide bonds. The van der Waals surface area contributed by atoms with Crippen LogP contribution in [0.4, 0.5) is 0 Å². The molecule has 15 heavy (non-hydrogen) atoms. The molecule has 2 nitrogen and oxygen atoms in total. The van der Waals surface area contributed by atoms with Crippen molar-refractivity contribution in [3.63, 3.8) is 0 Å². The number of likely N-dealkylation sites (N-methyl/N-ethyl adjacent to an activating group) is 1. The van der Waals surface area contributed by atoms with Crippen LogP contribution < -0.4 is 5.32 Å². The van der Waals surface area contributed by atoms with Crippen LogP contribution in [0.5, 0.6) is 5.75 Å². The number of hydrogen-bond acceptors (Lipinski definition) is 2. The van der Waals surface area contributed by atoms with E-state index < -0.39 is 0 Å². The molecular formula is C13H19NO. The number of aromatic hydroxyl groups is 1. The van der Waals surface area contributed by atoms with Gasteiger partial charge in [-0.2, -0.15) is 0 Å². The molecule has 1 aromatic rings. The lowest BCUT2D eigenvalue weighted by Crippen LogP contribution is -2.32. The van der Waals surface area contributed by atoms with Crippen LogP contribution in [0.2, 0.25) is 0 Å². The standard InChI is InChI=1S/C13H19NO/c1-2-14-13(11-6-7-11)9-10-4-3-5-12(15)8-10/h3-5,8,11,13-15H,2,6-7,9H2,1H3. The van der Waals surface area contributed by atoms with Gasteiger partial charge in [-0.1, -0.05) is 19.1 Å². The molecule has 2 heteroatoms. The first kappa shape index (κ1) is 10.5. The average molecular weight is 205 g/mol. The Labute approximate surface area is 91.3 Å². The average Bonchev–Trinajstić information content (AvgIpc) is 3.00. The van der Waals surface area contributed by atoms with Gasteiger partial charge in [0.25, 0.3) is 0 Å². The van der Waals surface area contributed by atoms with Crippen molar-refractivity contribution in [2.45, 2.75) is 32.2 Å². The van der Waals surface area contributed by atoms with E-state index in [1.165, 1.54) is 18.4 Å². The van der Waals surface area contributed by atoms with Crippen molar-refractivity contribution in [1.82, 2.24) is 5.32 Å². The zero-order valence-electron chi connectivity index (χ0n) is 9.24. The van der Waals surface area contributed by atoms with E-state index in [1.807, 2.05) is 12.1 Å². The molecule has 1 aromatic carbocycles. The molecule has 0 radical (unpaired) electrons. The minimum Gasteiger partial charge on any atom is -0.508 e. The van der Waals surface area contributed by atoms with Crippen molar-refractivity contribution in [3.05, 3.63) is 29.8 Å². The maximum atomic E-state index is 9.39. The largest absolute Gasteiger partial charge is 0.508 e. The Balaban J connectivity index is 1.98. The van der Waals surface area contributed by atoms with E-state index in [0.29, 0.717) is 11.8 Å². The van der Waals surface area contributed by atoms with Gasteiger partial charge in [0.1, 0.15) is 5.75 Å². The first-order valence-electron chi connectivity index (χ1n) is 5.81. The summed E-state index contributed by atoms with van der Waals surface area (Å²) >= 11 is 0. The summed E-state index contributed by atoms with van der Waals surface area (Å²) in [6, 6.07) is 8.19. The van der Waals surface area contributed by atoms with Gasteiger partial charge in [0.15, 0.2) is 0 Å². The highest BCUT2D eigenvalue weighted by Crippen LogP contribution is 2.34. The molecule has 1 fully saturated rings. The predicted molar refractivity (Wildman–Crippen MR) is 62.0 cm³/mol. The maximum Gasteiger partial charge on any atom is 0.115 e. The third kappa shape index (κ3) is 2.96. The number of phenolic OH excluding ortho intramolecular Hbond substituents is 1. The quantitative estimate of drug-likeness (QED) is 0.773. The van der Waals surface area contributed by atoms with Crippen molar-refractivity contribution < 1.29 is 5.11 Å². The molecule has 2 N–H and O–H groups in total. The molecule has 1 saturated carbocycles. The zero-order valence-corrected chi connectivity index (χ0v) is 9.24. The minimum atomic E-state index is 0.374. The Morgan fingerprint density at radius 1 is 1.47 bits per heavy atom. The van der Waals surface area contributed by atoms with Crippen molar-refractivity contribution in [2.24, 2.45) is 5.92 Å².